The van der Waals surface area contributed by atoms with E-state index < -0.39 is 0 Å². The van der Waals surface area contributed by atoms with Crippen LogP contribution in [0.1, 0.15) is 57.2 Å². The number of fused-ring (bicyclic) bond motifs is 1. The number of nitrogens with one attached hydrogen (secondary N) is 2. The van der Waals surface area contributed by atoms with Crippen LogP contribution in [0.5, 0.6) is 0 Å². The van der Waals surface area contributed by atoms with Crippen LogP contribution < -0.4 is 10.6 Å². The first-order valence-electron chi connectivity index (χ1n) is 7.72. The first-order valence-corrected chi connectivity index (χ1v) is 7.72. The van der Waals surface area contributed by atoms with Gasteiger partial charge in [0.2, 0.25) is 5.91 Å². The van der Waals surface area contributed by atoms with Gasteiger partial charge in [0, 0.05) is 12.1 Å². The Balaban J connectivity index is 2.07. The van der Waals surface area contributed by atoms with Crippen molar-refractivity contribution < 1.29 is 4.79 Å². The zero-order valence-electron chi connectivity index (χ0n) is 12.8. The summed E-state index contributed by atoms with van der Waals surface area (Å²) in [5.74, 6) is 0.0849. The second kappa shape index (κ2) is 6.89. The van der Waals surface area contributed by atoms with Gasteiger partial charge in [0.15, 0.2) is 0 Å². The van der Waals surface area contributed by atoms with Gasteiger partial charge in [-0.3, -0.25) is 10.1 Å². The average molecular weight is 274 g/mol. The van der Waals surface area contributed by atoms with E-state index in [4.69, 9.17) is 0 Å². The summed E-state index contributed by atoms with van der Waals surface area (Å²) in [6.45, 7) is 5.93. The van der Waals surface area contributed by atoms with Gasteiger partial charge in [-0.15, -0.1) is 0 Å². The molecule has 3 nitrogen and oxygen atoms in total. The molecule has 20 heavy (non-hydrogen) atoms. The number of amides is 1. The molecule has 1 aliphatic carbocycles. The molecule has 1 aromatic carbocycles. The van der Waals surface area contributed by atoms with Crippen LogP contribution in [0.2, 0.25) is 0 Å². The monoisotopic (exact) mass is 274 g/mol. The third-order valence-corrected chi connectivity index (χ3v) is 3.89. The molecule has 2 unspecified atom stereocenters. The van der Waals surface area contributed by atoms with Crippen molar-refractivity contribution in [3.05, 3.63) is 35.4 Å². The highest BCUT2D eigenvalue weighted by molar-refractivity contribution is 5.81. The molecule has 1 amide bonds. The minimum atomic E-state index is -0.159. The summed E-state index contributed by atoms with van der Waals surface area (Å²) in [5.41, 5.74) is 2.80. The van der Waals surface area contributed by atoms with Crippen molar-refractivity contribution in [3.63, 3.8) is 0 Å². The normalized spacial score (nSPS) is 20.1. The van der Waals surface area contributed by atoms with Crippen LogP contribution >= 0.6 is 0 Å². The molecule has 2 rings (SSSR count). The van der Waals surface area contributed by atoms with Crippen LogP contribution in [0.15, 0.2) is 24.3 Å². The van der Waals surface area contributed by atoms with E-state index in [1.54, 1.807) is 0 Å². The molecule has 0 bridgehead atoms. The van der Waals surface area contributed by atoms with Crippen LogP contribution in [-0.4, -0.2) is 18.0 Å². The smallest absolute Gasteiger partial charge is 0.237 e. The van der Waals surface area contributed by atoms with E-state index >= 15 is 0 Å². The SMILES string of the molecule is CC(C)NC(=O)C(C)NC1CCCCc2ccccc21. The van der Waals surface area contributed by atoms with Crippen molar-refractivity contribution in [2.75, 3.05) is 0 Å². The average Bonchev–Trinajstić information content (AvgIpc) is 2.61. The van der Waals surface area contributed by atoms with Crippen LogP contribution in [0.25, 0.3) is 0 Å². The maximum atomic E-state index is 12.1. The molecule has 0 aromatic heterocycles. The minimum absolute atomic E-state index is 0.0849. The number of carbonyl (C=O) groups excluding carboxylic acids is 1. The Morgan fingerprint density at radius 3 is 2.70 bits per heavy atom. The van der Waals surface area contributed by atoms with E-state index in [9.17, 15) is 4.79 Å². The fraction of sp³-hybridized carbons (Fsp3) is 0.588. The molecule has 0 spiro atoms. The highest BCUT2D eigenvalue weighted by atomic mass is 16.2. The van der Waals surface area contributed by atoms with Gasteiger partial charge in [0.1, 0.15) is 0 Å². The van der Waals surface area contributed by atoms with E-state index in [0.29, 0.717) is 6.04 Å². The summed E-state index contributed by atoms with van der Waals surface area (Å²) in [7, 11) is 0. The zero-order valence-corrected chi connectivity index (χ0v) is 12.8. The van der Waals surface area contributed by atoms with Gasteiger partial charge < -0.3 is 5.32 Å². The van der Waals surface area contributed by atoms with Crippen LogP contribution in [0, 0.1) is 0 Å². The van der Waals surface area contributed by atoms with E-state index in [-0.39, 0.29) is 18.0 Å². The Hall–Kier alpha value is -1.35. The molecule has 110 valence electrons. The predicted octanol–water partition coefficient (Wildman–Crippen LogP) is 2.96. The topological polar surface area (TPSA) is 41.1 Å². The molecule has 0 fully saturated rings. The molecule has 0 saturated carbocycles. The van der Waals surface area contributed by atoms with E-state index in [0.717, 1.165) is 12.8 Å². The van der Waals surface area contributed by atoms with Crippen molar-refractivity contribution in [1.29, 1.82) is 0 Å². The minimum Gasteiger partial charge on any atom is -0.353 e. The molecule has 0 radical (unpaired) electrons. The Bertz CT molecular complexity index is 456. The summed E-state index contributed by atoms with van der Waals surface area (Å²) >= 11 is 0. The molecule has 1 aliphatic rings. The van der Waals surface area contributed by atoms with Gasteiger partial charge in [-0.2, -0.15) is 0 Å². The molecule has 2 atom stereocenters. The second-order valence-corrected chi connectivity index (χ2v) is 6.05. The highest BCUT2D eigenvalue weighted by Crippen LogP contribution is 2.28. The van der Waals surface area contributed by atoms with Gasteiger partial charge >= 0.3 is 0 Å². The van der Waals surface area contributed by atoms with Gasteiger partial charge in [-0.1, -0.05) is 30.7 Å². The molecular formula is C17H26N2O. The molecular weight excluding hydrogens is 248 g/mol. The third kappa shape index (κ3) is 3.83. The zero-order chi connectivity index (χ0) is 14.5. The fourth-order valence-electron chi connectivity index (χ4n) is 2.88. The number of rotatable bonds is 4. The van der Waals surface area contributed by atoms with Crippen molar-refractivity contribution in [2.24, 2.45) is 0 Å². The molecule has 1 aromatic rings. The van der Waals surface area contributed by atoms with Crippen LogP contribution in [0.4, 0.5) is 0 Å². The first kappa shape index (κ1) is 15.0. The maximum absolute atomic E-state index is 12.1. The van der Waals surface area contributed by atoms with Gasteiger partial charge in [0.25, 0.3) is 0 Å². The highest BCUT2D eigenvalue weighted by Gasteiger charge is 2.22. The maximum Gasteiger partial charge on any atom is 0.237 e. The Morgan fingerprint density at radius 1 is 1.20 bits per heavy atom. The molecule has 3 heteroatoms. The van der Waals surface area contributed by atoms with Crippen molar-refractivity contribution in [3.8, 4) is 0 Å². The lowest BCUT2D eigenvalue weighted by molar-refractivity contribution is -0.123. The summed E-state index contributed by atoms with van der Waals surface area (Å²) in [6, 6.07) is 8.94. The number of aryl methyl sites for hydroxylation is 1. The molecule has 0 aliphatic heterocycles. The largest absolute Gasteiger partial charge is 0.353 e. The Morgan fingerprint density at radius 2 is 1.95 bits per heavy atom. The van der Waals surface area contributed by atoms with Crippen molar-refractivity contribution in [2.45, 2.75) is 64.6 Å². The van der Waals surface area contributed by atoms with Gasteiger partial charge in [-0.25, -0.2) is 0 Å². The standard InChI is InChI=1S/C17H26N2O/c1-12(2)18-17(20)13(3)19-16-11-7-5-9-14-8-4-6-10-15(14)16/h4,6,8,10,12-13,16,19H,5,7,9,11H2,1-3H3,(H,18,20). The second-order valence-electron chi connectivity index (χ2n) is 6.05. The van der Waals surface area contributed by atoms with E-state index in [1.807, 2.05) is 20.8 Å². The lowest BCUT2D eigenvalue weighted by Crippen LogP contribution is -2.45. The quantitative estimate of drug-likeness (QED) is 0.829. The predicted molar refractivity (Wildman–Crippen MR) is 82.6 cm³/mol. The Kier molecular flexibility index (Phi) is 5.18. The third-order valence-electron chi connectivity index (χ3n) is 3.89. The summed E-state index contributed by atoms with van der Waals surface area (Å²) in [4.78, 5) is 12.1. The van der Waals surface area contributed by atoms with Crippen LogP contribution in [-0.2, 0) is 11.2 Å². The summed E-state index contributed by atoms with van der Waals surface area (Å²) in [5, 5.41) is 6.48. The lowest BCUT2D eigenvalue weighted by Gasteiger charge is -2.24. The summed E-state index contributed by atoms with van der Waals surface area (Å²) < 4.78 is 0. The molecule has 2 N–H and O–H groups in total. The van der Waals surface area contributed by atoms with Gasteiger partial charge in [0.05, 0.1) is 6.04 Å². The van der Waals surface area contributed by atoms with E-state index in [2.05, 4.69) is 34.9 Å². The summed E-state index contributed by atoms with van der Waals surface area (Å²) in [6.07, 6.45) is 4.71. The first-order chi connectivity index (χ1) is 9.58. The molecule has 0 heterocycles. The fourth-order valence-corrected chi connectivity index (χ4v) is 2.88. The van der Waals surface area contributed by atoms with E-state index in [1.165, 1.54) is 24.0 Å². The number of benzene rings is 1. The number of hydrogen-bond acceptors (Lipinski definition) is 2. The van der Waals surface area contributed by atoms with Crippen LogP contribution in [0.3, 0.4) is 0 Å². The number of carbonyl (C=O) groups is 1. The Labute approximate surface area is 122 Å². The van der Waals surface area contributed by atoms with Crippen molar-refractivity contribution in [1.82, 2.24) is 10.6 Å². The molecule has 0 saturated heterocycles. The van der Waals surface area contributed by atoms with Crippen molar-refractivity contribution >= 4 is 5.91 Å². The number of hydrogen-bond donors (Lipinski definition) is 2. The van der Waals surface area contributed by atoms with Gasteiger partial charge in [-0.05, 0) is 51.2 Å². The lowest BCUT2D eigenvalue weighted by atomic mass is 9.98.